The van der Waals surface area contributed by atoms with E-state index in [4.69, 9.17) is 9.40 Å². The number of piperidine rings is 1. The molecule has 0 unspecified atom stereocenters. The van der Waals surface area contributed by atoms with Crippen LogP contribution in [0.25, 0.3) is 55.4 Å². The molecular formula is C28H23N5O3. The Kier molecular flexibility index (Phi) is 4.60. The number of nitrogens with zero attached hydrogens (tertiary/aromatic N) is 3. The second kappa shape index (κ2) is 7.98. The predicted octanol–water partition coefficient (Wildman–Crippen LogP) is 5.58. The average Bonchev–Trinajstić information content (AvgIpc) is 3.59. The van der Waals surface area contributed by atoms with Crippen molar-refractivity contribution in [1.29, 1.82) is 0 Å². The van der Waals surface area contributed by atoms with Crippen LogP contribution in [0.15, 0.2) is 70.1 Å². The highest BCUT2D eigenvalue weighted by Gasteiger charge is 2.23. The number of fused-ring (bicyclic) bond motifs is 5. The SMILES string of the molecule is O=c1[nH]c2cc(N3CCCCC3)ccc2c2c1c(-c1ccc(O)cc1)nc1n[nH]c(-c3ccco3)c12. The number of aromatic amines is 2. The van der Waals surface area contributed by atoms with Crippen molar-refractivity contribution in [3.63, 3.8) is 0 Å². The lowest BCUT2D eigenvalue weighted by molar-refractivity contribution is 0.475. The van der Waals surface area contributed by atoms with Crippen LogP contribution in [0, 0.1) is 0 Å². The third-order valence-corrected chi connectivity index (χ3v) is 7.08. The molecule has 8 nitrogen and oxygen atoms in total. The first-order valence-electron chi connectivity index (χ1n) is 12.1. The molecule has 0 amide bonds. The zero-order valence-corrected chi connectivity index (χ0v) is 19.4. The molecule has 0 atom stereocenters. The predicted molar refractivity (Wildman–Crippen MR) is 140 cm³/mol. The Bertz CT molecular complexity index is 1790. The summed E-state index contributed by atoms with van der Waals surface area (Å²) in [6, 6.07) is 16.6. The van der Waals surface area contributed by atoms with Gasteiger partial charge < -0.3 is 19.4 Å². The van der Waals surface area contributed by atoms with E-state index in [1.807, 2.05) is 12.1 Å². The summed E-state index contributed by atoms with van der Waals surface area (Å²) in [4.78, 5) is 24.0. The van der Waals surface area contributed by atoms with Crippen molar-refractivity contribution in [2.45, 2.75) is 19.3 Å². The van der Waals surface area contributed by atoms with E-state index in [2.05, 4.69) is 38.3 Å². The lowest BCUT2D eigenvalue weighted by Crippen LogP contribution is -2.29. The van der Waals surface area contributed by atoms with Crippen LogP contribution in [0.1, 0.15) is 19.3 Å². The van der Waals surface area contributed by atoms with Gasteiger partial charge in [-0.3, -0.25) is 9.89 Å². The van der Waals surface area contributed by atoms with Gasteiger partial charge in [0, 0.05) is 35.1 Å². The standard InChI is InChI=1S/C28H23N5O3/c34-18-9-6-16(7-10-18)25-24-22(23-26(21-5-4-14-36-21)31-32-27(23)30-25)19-11-8-17(15-20(19)29-28(24)35)33-12-2-1-3-13-33/h4-11,14-15,34H,1-3,12-13H2,(H,29,35)(H,30,31,32). The Morgan fingerprint density at radius 2 is 1.78 bits per heavy atom. The van der Waals surface area contributed by atoms with Crippen LogP contribution in [0.3, 0.4) is 0 Å². The molecule has 1 aliphatic rings. The summed E-state index contributed by atoms with van der Waals surface area (Å²) < 4.78 is 5.68. The van der Waals surface area contributed by atoms with Gasteiger partial charge >= 0.3 is 0 Å². The molecule has 0 aliphatic carbocycles. The first-order valence-corrected chi connectivity index (χ1v) is 12.1. The second-order valence-corrected chi connectivity index (χ2v) is 9.26. The van der Waals surface area contributed by atoms with Crippen LogP contribution < -0.4 is 10.5 Å². The summed E-state index contributed by atoms with van der Waals surface area (Å²) in [6.45, 7) is 2.04. The van der Waals surface area contributed by atoms with E-state index in [9.17, 15) is 9.90 Å². The van der Waals surface area contributed by atoms with E-state index in [-0.39, 0.29) is 11.3 Å². The minimum Gasteiger partial charge on any atom is -0.508 e. The Balaban J connectivity index is 1.59. The fraction of sp³-hybridized carbons (Fsp3) is 0.179. The van der Waals surface area contributed by atoms with Gasteiger partial charge in [0.1, 0.15) is 11.4 Å². The number of benzene rings is 2. The molecule has 2 aromatic carbocycles. The van der Waals surface area contributed by atoms with Gasteiger partial charge in [-0.05, 0) is 67.8 Å². The number of furan rings is 1. The average molecular weight is 478 g/mol. The first-order chi connectivity index (χ1) is 17.7. The van der Waals surface area contributed by atoms with E-state index in [0.717, 1.165) is 46.0 Å². The number of aromatic hydroxyl groups is 1. The van der Waals surface area contributed by atoms with Gasteiger partial charge in [-0.15, -0.1) is 0 Å². The van der Waals surface area contributed by atoms with Gasteiger partial charge in [0.25, 0.3) is 5.56 Å². The highest BCUT2D eigenvalue weighted by atomic mass is 16.3. The maximum Gasteiger partial charge on any atom is 0.258 e. The molecule has 7 rings (SSSR count). The van der Waals surface area contributed by atoms with E-state index in [1.54, 1.807) is 30.5 Å². The number of aromatic nitrogens is 4. The quantitative estimate of drug-likeness (QED) is 0.287. The number of H-pyrrole nitrogens is 2. The molecule has 8 heteroatoms. The summed E-state index contributed by atoms with van der Waals surface area (Å²) in [5, 5.41) is 20.3. The lowest BCUT2D eigenvalue weighted by Gasteiger charge is -2.29. The van der Waals surface area contributed by atoms with Gasteiger partial charge in [0.05, 0.1) is 28.2 Å². The molecule has 1 aliphatic heterocycles. The van der Waals surface area contributed by atoms with E-state index in [0.29, 0.717) is 28.2 Å². The smallest absolute Gasteiger partial charge is 0.258 e. The normalized spacial score (nSPS) is 14.3. The van der Waals surface area contributed by atoms with Crippen LogP contribution in [-0.2, 0) is 0 Å². The van der Waals surface area contributed by atoms with Crippen LogP contribution in [-0.4, -0.2) is 38.4 Å². The largest absolute Gasteiger partial charge is 0.508 e. The van der Waals surface area contributed by atoms with Gasteiger partial charge in [0.15, 0.2) is 11.4 Å². The molecule has 0 saturated carbocycles. The van der Waals surface area contributed by atoms with Crippen molar-refractivity contribution in [1.82, 2.24) is 20.2 Å². The summed E-state index contributed by atoms with van der Waals surface area (Å²) >= 11 is 0. The number of phenols is 1. The van der Waals surface area contributed by atoms with Crippen LogP contribution in [0.5, 0.6) is 5.75 Å². The zero-order valence-electron chi connectivity index (χ0n) is 19.4. The van der Waals surface area contributed by atoms with Crippen molar-refractivity contribution < 1.29 is 9.52 Å². The third kappa shape index (κ3) is 3.18. The number of hydrogen-bond donors (Lipinski definition) is 3. The van der Waals surface area contributed by atoms with Crippen molar-refractivity contribution in [2.75, 3.05) is 18.0 Å². The Morgan fingerprint density at radius 1 is 0.944 bits per heavy atom. The molecular weight excluding hydrogens is 454 g/mol. The molecule has 4 aromatic heterocycles. The van der Waals surface area contributed by atoms with Gasteiger partial charge in [-0.1, -0.05) is 6.07 Å². The van der Waals surface area contributed by atoms with Gasteiger partial charge in [0.2, 0.25) is 0 Å². The Labute approximate surface area is 205 Å². The molecule has 178 valence electrons. The fourth-order valence-electron chi connectivity index (χ4n) is 5.36. The third-order valence-electron chi connectivity index (χ3n) is 7.08. The van der Waals surface area contributed by atoms with E-state index in [1.165, 1.54) is 19.3 Å². The van der Waals surface area contributed by atoms with E-state index >= 15 is 0 Å². The van der Waals surface area contributed by atoms with Crippen LogP contribution >= 0.6 is 0 Å². The van der Waals surface area contributed by atoms with Gasteiger partial charge in [-0.25, -0.2) is 4.98 Å². The van der Waals surface area contributed by atoms with Crippen molar-refractivity contribution in [3.05, 3.63) is 71.2 Å². The second-order valence-electron chi connectivity index (χ2n) is 9.26. The number of hydrogen-bond acceptors (Lipinski definition) is 6. The molecule has 5 heterocycles. The summed E-state index contributed by atoms with van der Waals surface area (Å²) in [5.74, 6) is 0.768. The van der Waals surface area contributed by atoms with Crippen molar-refractivity contribution in [3.8, 4) is 28.5 Å². The minimum atomic E-state index is -0.225. The molecule has 0 radical (unpaired) electrons. The molecule has 3 N–H and O–H groups in total. The topological polar surface area (TPSA) is 111 Å². The highest BCUT2D eigenvalue weighted by Crippen LogP contribution is 2.39. The van der Waals surface area contributed by atoms with E-state index < -0.39 is 0 Å². The summed E-state index contributed by atoms with van der Waals surface area (Å²) in [5.41, 5.74) is 4.06. The number of pyridine rings is 2. The summed E-state index contributed by atoms with van der Waals surface area (Å²) in [6.07, 6.45) is 5.22. The zero-order chi connectivity index (χ0) is 24.2. The molecule has 0 bridgehead atoms. The number of rotatable bonds is 3. The molecule has 0 spiro atoms. The first kappa shape index (κ1) is 20.8. The number of nitrogens with one attached hydrogen (secondary N) is 2. The Hall–Kier alpha value is -4.59. The van der Waals surface area contributed by atoms with Crippen molar-refractivity contribution in [2.24, 2.45) is 0 Å². The maximum atomic E-state index is 13.7. The highest BCUT2D eigenvalue weighted by molar-refractivity contribution is 6.23. The van der Waals surface area contributed by atoms with Gasteiger partial charge in [-0.2, -0.15) is 5.10 Å². The molecule has 1 saturated heterocycles. The minimum absolute atomic E-state index is 0.147. The number of anilines is 1. The Morgan fingerprint density at radius 3 is 2.56 bits per heavy atom. The molecule has 1 fully saturated rings. The number of phenolic OH excluding ortho intramolecular Hbond substituents is 1. The fourth-order valence-corrected chi connectivity index (χ4v) is 5.36. The maximum absolute atomic E-state index is 13.7. The molecule has 36 heavy (non-hydrogen) atoms. The lowest BCUT2D eigenvalue weighted by atomic mass is 9.98. The van der Waals surface area contributed by atoms with Crippen LogP contribution in [0.4, 0.5) is 5.69 Å². The van der Waals surface area contributed by atoms with Crippen LogP contribution in [0.2, 0.25) is 0 Å². The summed E-state index contributed by atoms with van der Waals surface area (Å²) in [7, 11) is 0. The molecule has 6 aromatic rings. The van der Waals surface area contributed by atoms with Crippen molar-refractivity contribution >= 4 is 38.4 Å². The monoisotopic (exact) mass is 477 g/mol.